The van der Waals surface area contributed by atoms with Crippen LogP contribution >= 0.6 is 0 Å². The van der Waals surface area contributed by atoms with Crippen molar-refractivity contribution < 1.29 is 22.0 Å². The fourth-order valence-electron chi connectivity index (χ4n) is 1.69. The summed E-state index contributed by atoms with van der Waals surface area (Å²) < 4.78 is 64.0. The van der Waals surface area contributed by atoms with Gasteiger partial charge in [0.05, 0.1) is 5.56 Å². The summed E-state index contributed by atoms with van der Waals surface area (Å²) >= 11 is 0. The van der Waals surface area contributed by atoms with Crippen LogP contribution in [0.4, 0.5) is 27.6 Å². The molecule has 0 fully saturated rings. The Bertz CT molecular complexity index is 619. The van der Waals surface area contributed by atoms with Crippen LogP contribution in [-0.4, -0.2) is 0 Å². The van der Waals surface area contributed by atoms with Gasteiger partial charge in [-0.1, -0.05) is 6.07 Å². The Kier molecular flexibility index (Phi) is 3.18. The first-order valence-corrected chi connectivity index (χ1v) is 5.21. The van der Waals surface area contributed by atoms with Gasteiger partial charge < -0.3 is 5.73 Å². The molecule has 0 amide bonds. The molecule has 19 heavy (non-hydrogen) atoms. The number of hydrogen-bond acceptors (Lipinski definition) is 1. The fraction of sp³-hybridized carbons (Fsp3) is 0.0769. The lowest BCUT2D eigenvalue weighted by Crippen LogP contribution is -2.08. The number of benzene rings is 2. The molecule has 0 saturated heterocycles. The quantitative estimate of drug-likeness (QED) is 0.610. The van der Waals surface area contributed by atoms with Gasteiger partial charge in [0.2, 0.25) is 0 Å². The molecule has 1 nitrogen and oxygen atoms in total. The molecule has 6 heteroatoms. The molecule has 0 saturated carbocycles. The van der Waals surface area contributed by atoms with Gasteiger partial charge in [-0.15, -0.1) is 0 Å². The van der Waals surface area contributed by atoms with Crippen molar-refractivity contribution in [1.82, 2.24) is 0 Å². The van der Waals surface area contributed by atoms with E-state index in [-0.39, 0.29) is 16.8 Å². The molecular weight excluding hydrogens is 265 g/mol. The van der Waals surface area contributed by atoms with E-state index in [1.54, 1.807) is 0 Å². The van der Waals surface area contributed by atoms with Crippen LogP contribution in [0.3, 0.4) is 0 Å². The summed E-state index contributed by atoms with van der Waals surface area (Å²) in [5, 5.41) is 0. The molecular formula is C13H8F5N. The zero-order valence-corrected chi connectivity index (χ0v) is 9.43. The van der Waals surface area contributed by atoms with E-state index in [2.05, 4.69) is 0 Å². The van der Waals surface area contributed by atoms with Gasteiger partial charge in [-0.3, -0.25) is 0 Å². The van der Waals surface area contributed by atoms with Crippen LogP contribution in [0, 0.1) is 11.6 Å². The summed E-state index contributed by atoms with van der Waals surface area (Å²) in [4.78, 5) is 0. The summed E-state index contributed by atoms with van der Waals surface area (Å²) in [5.41, 5.74) is 4.37. The predicted molar refractivity (Wildman–Crippen MR) is 61.2 cm³/mol. The molecule has 0 bridgehead atoms. The minimum Gasteiger partial charge on any atom is -0.398 e. The minimum absolute atomic E-state index is 0.00530. The summed E-state index contributed by atoms with van der Waals surface area (Å²) in [6.07, 6.45) is -4.82. The largest absolute Gasteiger partial charge is 0.419 e. The third-order valence-corrected chi connectivity index (χ3v) is 2.60. The smallest absolute Gasteiger partial charge is 0.398 e. The zero-order chi connectivity index (χ0) is 14.2. The normalized spacial score (nSPS) is 11.6. The second-order valence-corrected chi connectivity index (χ2v) is 3.92. The molecule has 2 aromatic rings. The highest BCUT2D eigenvalue weighted by Gasteiger charge is 2.34. The van der Waals surface area contributed by atoms with E-state index in [9.17, 15) is 22.0 Å². The predicted octanol–water partition coefficient (Wildman–Crippen LogP) is 4.23. The molecule has 0 unspecified atom stereocenters. The molecule has 0 heterocycles. The third-order valence-electron chi connectivity index (χ3n) is 2.60. The van der Waals surface area contributed by atoms with Gasteiger partial charge in [0, 0.05) is 11.3 Å². The Morgan fingerprint density at radius 3 is 2.21 bits per heavy atom. The number of halogens is 5. The van der Waals surface area contributed by atoms with Gasteiger partial charge in [0.1, 0.15) is 11.6 Å². The first-order chi connectivity index (χ1) is 8.79. The highest BCUT2D eigenvalue weighted by atomic mass is 19.4. The summed E-state index contributed by atoms with van der Waals surface area (Å²) in [5.74, 6) is -2.02. The van der Waals surface area contributed by atoms with Crippen molar-refractivity contribution in [3.8, 4) is 11.1 Å². The lowest BCUT2D eigenvalue weighted by atomic mass is 10.0. The van der Waals surface area contributed by atoms with E-state index < -0.39 is 23.4 Å². The summed E-state index contributed by atoms with van der Waals surface area (Å²) in [6.45, 7) is 0. The molecule has 0 aliphatic heterocycles. The maximum atomic E-state index is 13.1. The van der Waals surface area contributed by atoms with Crippen LogP contribution in [-0.2, 0) is 6.18 Å². The maximum absolute atomic E-state index is 13.1. The van der Waals surface area contributed by atoms with E-state index in [1.165, 1.54) is 6.07 Å². The van der Waals surface area contributed by atoms with E-state index in [0.29, 0.717) is 12.1 Å². The molecule has 0 aromatic heterocycles. The molecule has 2 aromatic carbocycles. The zero-order valence-electron chi connectivity index (χ0n) is 9.43. The number of nitrogen functional groups attached to an aromatic ring is 1. The molecule has 2 rings (SSSR count). The molecule has 0 atom stereocenters. The second-order valence-electron chi connectivity index (χ2n) is 3.92. The fourth-order valence-corrected chi connectivity index (χ4v) is 1.69. The first-order valence-electron chi connectivity index (χ1n) is 5.21. The topological polar surface area (TPSA) is 26.0 Å². The van der Waals surface area contributed by atoms with E-state index in [4.69, 9.17) is 5.73 Å². The Morgan fingerprint density at radius 2 is 1.58 bits per heavy atom. The lowest BCUT2D eigenvalue weighted by molar-refractivity contribution is -0.139. The number of hydrogen-bond donors (Lipinski definition) is 1. The van der Waals surface area contributed by atoms with Crippen molar-refractivity contribution in [2.24, 2.45) is 0 Å². The second kappa shape index (κ2) is 4.53. The molecule has 0 spiro atoms. The van der Waals surface area contributed by atoms with Gasteiger partial charge >= 0.3 is 6.18 Å². The number of nitrogens with two attached hydrogens (primary N) is 1. The molecule has 0 aliphatic rings. The van der Waals surface area contributed by atoms with Crippen LogP contribution < -0.4 is 5.73 Å². The Labute approximate surface area is 105 Å². The van der Waals surface area contributed by atoms with Crippen LogP contribution in [0.5, 0.6) is 0 Å². The molecule has 0 aliphatic carbocycles. The highest BCUT2D eigenvalue weighted by molar-refractivity contribution is 5.76. The number of alkyl halides is 3. The van der Waals surface area contributed by atoms with Crippen molar-refractivity contribution in [1.29, 1.82) is 0 Å². The van der Waals surface area contributed by atoms with Crippen molar-refractivity contribution >= 4 is 5.69 Å². The van der Waals surface area contributed by atoms with Crippen LogP contribution in [0.25, 0.3) is 11.1 Å². The number of anilines is 1. The van der Waals surface area contributed by atoms with Crippen LogP contribution in [0.1, 0.15) is 5.56 Å². The Morgan fingerprint density at radius 1 is 0.895 bits per heavy atom. The van der Waals surface area contributed by atoms with E-state index >= 15 is 0 Å². The first kappa shape index (κ1) is 13.3. The highest BCUT2D eigenvalue weighted by Crippen LogP contribution is 2.35. The Balaban J connectivity index is 2.61. The molecule has 0 radical (unpaired) electrons. The van der Waals surface area contributed by atoms with Crippen LogP contribution in [0.15, 0.2) is 36.4 Å². The SMILES string of the molecule is Nc1ccc(F)cc1-c1ccc(F)c(C(F)(F)F)c1. The van der Waals surface area contributed by atoms with Crippen molar-refractivity contribution in [3.05, 3.63) is 53.6 Å². The van der Waals surface area contributed by atoms with Crippen molar-refractivity contribution in [2.45, 2.75) is 6.18 Å². The van der Waals surface area contributed by atoms with Crippen LogP contribution in [0.2, 0.25) is 0 Å². The number of rotatable bonds is 1. The lowest BCUT2D eigenvalue weighted by Gasteiger charge is -2.11. The van der Waals surface area contributed by atoms with Gasteiger partial charge in [0.25, 0.3) is 0 Å². The Hall–Kier alpha value is -2.11. The average molecular weight is 273 g/mol. The minimum atomic E-state index is -4.82. The summed E-state index contributed by atoms with van der Waals surface area (Å²) in [6, 6.07) is 5.75. The van der Waals surface area contributed by atoms with Gasteiger partial charge in [0.15, 0.2) is 0 Å². The van der Waals surface area contributed by atoms with Crippen molar-refractivity contribution in [3.63, 3.8) is 0 Å². The maximum Gasteiger partial charge on any atom is 0.419 e. The van der Waals surface area contributed by atoms with Gasteiger partial charge in [-0.2, -0.15) is 13.2 Å². The average Bonchev–Trinajstić information content (AvgIpc) is 2.31. The van der Waals surface area contributed by atoms with Gasteiger partial charge in [-0.25, -0.2) is 8.78 Å². The standard InChI is InChI=1S/C13H8F5N/c14-8-2-4-12(19)9(6-8)7-1-3-11(15)10(5-7)13(16,17)18/h1-6H,19H2. The van der Waals surface area contributed by atoms with Gasteiger partial charge in [-0.05, 0) is 35.9 Å². The molecule has 2 N–H and O–H groups in total. The molecule has 100 valence electrons. The van der Waals surface area contributed by atoms with E-state index in [0.717, 1.165) is 18.2 Å². The summed E-state index contributed by atoms with van der Waals surface area (Å²) in [7, 11) is 0. The monoisotopic (exact) mass is 273 g/mol. The third kappa shape index (κ3) is 2.67. The van der Waals surface area contributed by atoms with E-state index in [1.807, 2.05) is 0 Å². The van der Waals surface area contributed by atoms with Crippen molar-refractivity contribution in [2.75, 3.05) is 5.73 Å².